The number of rotatable bonds is 4. The third-order valence-corrected chi connectivity index (χ3v) is 4.58. The molecule has 0 fully saturated rings. The lowest BCUT2D eigenvalue weighted by Gasteiger charge is -2.14. The van der Waals surface area contributed by atoms with Crippen LogP contribution in [0.2, 0.25) is 0 Å². The zero-order chi connectivity index (χ0) is 16.0. The number of halogens is 1. The molecule has 0 saturated carbocycles. The number of pyridine rings is 1. The molecule has 0 spiro atoms. The van der Waals surface area contributed by atoms with E-state index in [0.717, 1.165) is 16.6 Å². The van der Waals surface area contributed by atoms with E-state index >= 15 is 0 Å². The molecule has 0 N–H and O–H groups in total. The summed E-state index contributed by atoms with van der Waals surface area (Å²) in [7, 11) is 3.32. The van der Waals surface area contributed by atoms with E-state index in [1.54, 1.807) is 33.3 Å². The van der Waals surface area contributed by atoms with Gasteiger partial charge in [0.1, 0.15) is 0 Å². The first-order valence-electron chi connectivity index (χ1n) is 6.71. The quantitative estimate of drug-likeness (QED) is 0.544. The Labute approximate surface area is 142 Å². The van der Waals surface area contributed by atoms with Gasteiger partial charge in [0.25, 0.3) is 5.91 Å². The maximum absolute atomic E-state index is 12.2. The molecule has 2 rings (SSSR count). The second kappa shape index (κ2) is 8.43. The Morgan fingerprint density at radius 1 is 1.57 bits per heavy atom. The molecule has 114 valence electrons. The predicted molar refractivity (Wildman–Crippen MR) is 100.0 cm³/mol. The minimum atomic E-state index is -0.0384. The molecule has 6 heteroatoms. The summed E-state index contributed by atoms with van der Waals surface area (Å²) in [5, 5.41) is 1.02. The minimum absolute atomic E-state index is 0.0384. The topological polar surface area (TPSA) is 38.1 Å². The molecule has 21 heavy (non-hydrogen) atoms. The number of likely N-dealkylation sites (N-methyl/N-ethyl adjacent to an activating group) is 1. The van der Waals surface area contributed by atoms with E-state index in [-0.39, 0.29) is 5.91 Å². The number of fused-ring (bicyclic) bond motifs is 1. The van der Waals surface area contributed by atoms with Crippen molar-refractivity contribution in [1.29, 1.82) is 0 Å². The molecule has 0 aliphatic rings. The summed E-state index contributed by atoms with van der Waals surface area (Å²) in [6.07, 6.45) is 5.36. The van der Waals surface area contributed by atoms with Crippen molar-refractivity contribution in [1.82, 2.24) is 13.9 Å². The number of hydrogen-bond acceptors (Lipinski definition) is 3. The van der Waals surface area contributed by atoms with Gasteiger partial charge in [-0.15, -0.1) is 6.58 Å². The van der Waals surface area contributed by atoms with Crippen LogP contribution in [0.3, 0.4) is 0 Å². The summed E-state index contributed by atoms with van der Waals surface area (Å²) in [6, 6.07) is 1.91. The van der Waals surface area contributed by atoms with Crippen molar-refractivity contribution < 1.29 is 4.79 Å². The van der Waals surface area contributed by atoms with E-state index in [1.807, 2.05) is 37.0 Å². The van der Waals surface area contributed by atoms with Crippen LogP contribution in [-0.2, 0) is 0 Å². The standard InChI is InChI=1S/C13H14IN3OS.C2H6/c1-4-5-16(3)13(18)10-6-11-9(2)8-17(19-14)12(11)15-7-10;1-2/h4,6-8H,1,5H2,2-3H3;1-2H3. The van der Waals surface area contributed by atoms with Gasteiger partial charge in [-0.25, -0.2) is 4.98 Å². The molecule has 0 unspecified atom stereocenters. The number of aromatic nitrogens is 2. The van der Waals surface area contributed by atoms with Crippen LogP contribution in [0, 0.1) is 6.92 Å². The van der Waals surface area contributed by atoms with Gasteiger partial charge in [-0.05, 0) is 18.6 Å². The molecule has 2 heterocycles. The highest BCUT2D eigenvalue weighted by molar-refractivity contribution is 14.2. The number of carbonyl (C=O) groups is 1. The summed E-state index contributed by atoms with van der Waals surface area (Å²) < 4.78 is 1.99. The van der Waals surface area contributed by atoms with Crippen LogP contribution in [0.1, 0.15) is 29.8 Å². The van der Waals surface area contributed by atoms with Gasteiger partial charge in [-0.3, -0.25) is 8.77 Å². The zero-order valence-electron chi connectivity index (χ0n) is 12.8. The zero-order valence-corrected chi connectivity index (χ0v) is 15.7. The molecule has 2 aromatic rings. The maximum atomic E-state index is 12.2. The van der Waals surface area contributed by atoms with Gasteiger partial charge < -0.3 is 4.90 Å². The van der Waals surface area contributed by atoms with E-state index in [1.165, 1.54) is 0 Å². The van der Waals surface area contributed by atoms with E-state index in [9.17, 15) is 4.79 Å². The van der Waals surface area contributed by atoms with Gasteiger partial charge in [0.2, 0.25) is 0 Å². The van der Waals surface area contributed by atoms with Crippen molar-refractivity contribution in [2.75, 3.05) is 13.6 Å². The smallest absolute Gasteiger partial charge is 0.255 e. The molecular formula is C15H20IN3OS. The van der Waals surface area contributed by atoms with E-state index in [0.29, 0.717) is 12.1 Å². The molecule has 0 aromatic carbocycles. The van der Waals surface area contributed by atoms with Crippen LogP contribution >= 0.6 is 30.3 Å². The Balaban J connectivity index is 0.00000106. The summed E-state index contributed by atoms with van der Waals surface area (Å²) in [5.74, 6) is -0.0384. The van der Waals surface area contributed by atoms with Crippen LogP contribution < -0.4 is 0 Å². The lowest BCUT2D eigenvalue weighted by atomic mass is 10.1. The number of carbonyl (C=O) groups excluding carboxylic acids is 1. The van der Waals surface area contributed by atoms with Crippen molar-refractivity contribution in [2.45, 2.75) is 20.8 Å². The van der Waals surface area contributed by atoms with Crippen molar-refractivity contribution >= 4 is 47.3 Å². The average Bonchev–Trinajstić information content (AvgIpc) is 2.84. The van der Waals surface area contributed by atoms with Gasteiger partial charge >= 0.3 is 0 Å². The number of aryl methyl sites for hydroxylation is 1. The van der Waals surface area contributed by atoms with Gasteiger partial charge in [0.05, 0.1) is 5.56 Å². The lowest BCUT2D eigenvalue weighted by Crippen LogP contribution is -2.26. The molecule has 4 nitrogen and oxygen atoms in total. The molecule has 2 aromatic heterocycles. The number of hydrogen-bond donors (Lipinski definition) is 0. The summed E-state index contributed by atoms with van der Waals surface area (Å²) in [5.41, 5.74) is 2.61. The molecular weight excluding hydrogens is 397 g/mol. The normalized spacial score (nSPS) is 9.95. The number of amides is 1. The Morgan fingerprint density at radius 2 is 2.24 bits per heavy atom. The van der Waals surface area contributed by atoms with Crippen molar-refractivity contribution in [3.63, 3.8) is 0 Å². The highest BCUT2D eigenvalue weighted by Gasteiger charge is 2.14. The SMILES string of the molecule is C=CCN(C)C(=O)c1cnc2c(c1)c(C)cn2SI.CC. The molecule has 0 aliphatic carbocycles. The first-order valence-corrected chi connectivity index (χ1v) is 10.0. The fraction of sp³-hybridized carbons (Fsp3) is 0.333. The molecule has 1 amide bonds. The highest BCUT2D eigenvalue weighted by Crippen LogP contribution is 2.27. The largest absolute Gasteiger partial charge is 0.338 e. The molecule has 0 atom stereocenters. The fourth-order valence-corrected chi connectivity index (χ4v) is 3.21. The van der Waals surface area contributed by atoms with Gasteiger partial charge in [0.15, 0.2) is 5.65 Å². The van der Waals surface area contributed by atoms with Gasteiger partial charge in [-0.2, -0.15) is 0 Å². The monoisotopic (exact) mass is 417 g/mol. The molecule has 0 saturated heterocycles. The van der Waals surface area contributed by atoms with Crippen LogP contribution in [0.4, 0.5) is 0 Å². The summed E-state index contributed by atoms with van der Waals surface area (Å²) in [4.78, 5) is 18.2. The maximum Gasteiger partial charge on any atom is 0.255 e. The first-order chi connectivity index (χ1) is 10.1. The Bertz CT molecular complexity index is 639. The van der Waals surface area contributed by atoms with Gasteiger partial charge in [0, 0.05) is 61.7 Å². The third-order valence-electron chi connectivity index (χ3n) is 2.88. The number of nitrogens with zero attached hydrogens (tertiary/aromatic N) is 3. The Hall–Kier alpha value is -1.02. The van der Waals surface area contributed by atoms with Crippen molar-refractivity contribution in [3.8, 4) is 0 Å². The van der Waals surface area contributed by atoms with Crippen LogP contribution in [-0.4, -0.2) is 33.4 Å². The Morgan fingerprint density at radius 3 is 2.81 bits per heavy atom. The molecule has 0 radical (unpaired) electrons. The van der Waals surface area contributed by atoms with E-state index < -0.39 is 0 Å². The second-order valence-corrected chi connectivity index (χ2v) is 5.99. The predicted octanol–water partition coefficient (Wildman–Crippen LogP) is 4.48. The van der Waals surface area contributed by atoms with E-state index in [2.05, 4.69) is 32.8 Å². The van der Waals surface area contributed by atoms with Crippen LogP contribution in [0.15, 0.2) is 31.1 Å². The second-order valence-electron chi connectivity index (χ2n) is 4.28. The van der Waals surface area contributed by atoms with Crippen molar-refractivity contribution in [3.05, 3.63) is 42.2 Å². The first kappa shape index (κ1) is 18.0. The fourth-order valence-electron chi connectivity index (χ4n) is 1.90. The van der Waals surface area contributed by atoms with Crippen LogP contribution in [0.25, 0.3) is 11.0 Å². The minimum Gasteiger partial charge on any atom is -0.338 e. The molecule has 0 bridgehead atoms. The summed E-state index contributed by atoms with van der Waals surface area (Å²) >= 11 is 2.21. The molecule has 0 aliphatic heterocycles. The highest BCUT2D eigenvalue weighted by atomic mass is 127. The van der Waals surface area contributed by atoms with Gasteiger partial charge in [-0.1, -0.05) is 19.9 Å². The Kier molecular flexibility index (Phi) is 7.24. The third kappa shape index (κ3) is 4.00. The van der Waals surface area contributed by atoms with E-state index in [4.69, 9.17) is 0 Å². The lowest BCUT2D eigenvalue weighted by molar-refractivity contribution is 0.0810. The van der Waals surface area contributed by atoms with Crippen LogP contribution in [0.5, 0.6) is 0 Å². The average molecular weight is 417 g/mol. The van der Waals surface area contributed by atoms with Crippen molar-refractivity contribution in [2.24, 2.45) is 0 Å². The summed E-state index contributed by atoms with van der Waals surface area (Å²) in [6.45, 7) is 10.2.